The molecule has 0 saturated carbocycles. The van der Waals surface area contributed by atoms with Crippen LogP contribution in [0, 0.1) is 0 Å². The molecule has 0 spiro atoms. The Labute approximate surface area is 118 Å². The molecule has 1 aliphatic rings. The van der Waals surface area contributed by atoms with Gasteiger partial charge in [-0.2, -0.15) is 0 Å². The lowest BCUT2D eigenvalue weighted by atomic mass is 10.2. The minimum atomic E-state index is -0.118. The fraction of sp³-hybridized carbons (Fsp3) is 0.333. The van der Waals surface area contributed by atoms with Crippen LogP contribution in [0.3, 0.4) is 0 Å². The third-order valence-electron chi connectivity index (χ3n) is 3.62. The Hall–Kier alpha value is -2.14. The lowest BCUT2D eigenvalue weighted by Crippen LogP contribution is -2.45. The second-order valence-electron chi connectivity index (χ2n) is 5.03. The molecule has 0 bridgehead atoms. The van der Waals surface area contributed by atoms with Crippen LogP contribution in [0.1, 0.15) is 18.4 Å². The van der Waals surface area contributed by atoms with E-state index < -0.39 is 0 Å². The molecule has 1 amide bonds. The van der Waals surface area contributed by atoms with Gasteiger partial charge in [-0.05, 0) is 18.4 Å². The Morgan fingerprint density at radius 1 is 1.35 bits per heavy atom. The first kappa shape index (κ1) is 12.9. The van der Waals surface area contributed by atoms with Crippen LogP contribution in [0.25, 0.3) is 0 Å². The number of carbonyl (C=O) groups is 1. The largest absolute Gasteiger partial charge is 0.328 e. The summed E-state index contributed by atoms with van der Waals surface area (Å²) >= 11 is 0. The normalized spacial score (nSPS) is 19.1. The summed E-state index contributed by atoms with van der Waals surface area (Å²) in [7, 11) is 0. The molecule has 3 rings (SSSR count). The maximum Gasteiger partial charge on any atom is 0.328 e. The van der Waals surface area contributed by atoms with Gasteiger partial charge in [0, 0.05) is 25.5 Å². The van der Waals surface area contributed by atoms with Gasteiger partial charge < -0.3 is 5.32 Å². The molecule has 20 heavy (non-hydrogen) atoms. The number of nitrogens with zero attached hydrogens (tertiary/aromatic N) is 3. The van der Waals surface area contributed by atoms with Crippen LogP contribution in [-0.4, -0.2) is 33.2 Å². The number of benzene rings is 1. The van der Waals surface area contributed by atoms with Gasteiger partial charge in [0.2, 0.25) is 0 Å². The molecule has 1 fully saturated rings. The molecule has 1 aromatic heterocycles. The van der Waals surface area contributed by atoms with Crippen molar-refractivity contribution in [1.29, 1.82) is 0 Å². The minimum absolute atomic E-state index is 0.102. The van der Waals surface area contributed by atoms with E-state index in [4.69, 9.17) is 0 Å². The zero-order valence-electron chi connectivity index (χ0n) is 11.3. The smallest absolute Gasteiger partial charge is 0.322 e. The number of likely N-dealkylation sites (tertiary alicyclic amines) is 1. The van der Waals surface area contributed by atoms with Crippen molar-refractivity contribution >= 4 is 6.03 Å². The molecule has 1 N–H and O–H groups in total. The van der Waals surface area contributed by atoms with Crippen LogP contribution in [0.4, 0.5) is 4.79 Å². The molecule has 1 saturated heterocycles. The van der Waals surface area contributed by atoms with Crippen molar-refractivity contribution in [3.63, 3.8) is 0 Å². The zero-order valence-corrected chi connectivity index (χ0v) is 11.3. The molecule has 0 radical (unpaired) electrons. The second kappa shape index (κ2) is 5.88. The maximum atomic E-state index is 12.0. The van der Waals surface area contributed by atoms with E-state index in [0.717, 1.165) is 25.9 Å². The van der Waals surface area contributed by atoms with Crippen LogP contribution in [0.2, 0.25) is 0 Å². The van der Waals surface area contributed by atoms with Crippen molar-refractivity contribution in [1.82, 2.24) is 19.8 Å². The summed E-state index contributed by atoms with van der Waals surface area (Å²) in [5.74, 6) is 0. The first-order valence-electron chi connectivity index (χ1n) is 6.90. The summed E-state index contributed by atoms with van der Waals surface area (Å²) in [5.41, 5.74) is 1.27. The van der Waals surface area contributed by atoms with Crippen molar-refractivity contribution in [2.45, 2.75) is 25.6 Å². The molecule has 1 aromatic carbocycles. The fourth-order valence-corrected chi connectivity index (χ4v) is 2.59. The first-order valence-corrected chi connectivity index (χ1v) is 6.90. The molecule has 5 nitrogen and oxygen atoms in total. The van der Waals surface area contributed by atoms with Gasteiger partial charge in [0.05, 0.1) is 6.17 Å². The third-order valence-corrected chi connectivity index (χ3v) is 3.62. The molecule has 2 aromatic rings. The number of hydrogen-bond acceptors (Lipinski definition) is 3. The van der Waals surface area contributed by atoms with Gasteiger partial charge in [-0.3, -0.25) is 9.47 Å². The average Bonchev–Trinajstić information content (AvgIpc) is 3.12. The highest BCUT2D eigenvalue weighted by Gasteiger charge is 2.26. The Kier molecular flexibility index (Phi) is 3.78. The third kappa shape index (κ3) is 2.88. The summed E-state index contributed by atoms with van der Waals surface area (Å²) in [6.45, 7) is 1.89. The van der Waals surface area contributed by atoms with Crippen LogP contribution >= 0.6 is 0 Å². The van der Waals surface area contributed by atoms with Gasteiger partial charge in [0.1, 0.15) is 6.33 Å². The summed E-state index contributed by atoms with van der Waals surface area (Å²) in [5, 5.41) is 3.06. The van der Waals surface area contributed by atoms with E-state index in [1.165, 1.54) is 16.5 Å². The summed E-state index contributed by atoms with van der Waals surface area (Å²) in [6.07, 6.45) is 6.99. The Balaban J connectivity index is 1.62. The van der Waals surface area contributed by atoms with E-state index in [2.05, 4.69) is 27.3 Å². The molecule has 1 atom stereocenters. The van der Waals surface area contributed by atoms with Crippen molar-refractivity contribution in [3.8, 4) is 0 Å². The van der Waals surface area contributed by atoms with E-state index >= 15 is 0 Å². The van der Waals surface area contributed by atoms with Crippen molar-refractivity contribution in [3.05, 3.63) is 54.6 Å². The van der Waals surface area contributed by atoms with Gasteiger partial charge >= 0.3 is 6.03 Å². The Morgan fingerprint density at radius 2 is 2.20 bits per heavy atom. The number of nitrogens with one attached hydrogen (secondary N) is 1. The standard InChI is InChI=1S/C15H18N4O/c20-15(19-10-8-16-12-19)17-14-7-4-9-18(14)11-13-5-2-1-3-6-13/h1-3,5-6,8,10,12,14H,4,7,9,11H2,(H,17,20). The van der Waals surface area contributed by atoms with Gasteiger partial charge in [-0.25, -0.2) is 9.78 Å². The number of carbonyl (C=O) groups excluding carboxylic acids is 1. The molecular formula is C15H18N4O. The summed E-state index contributed by atoms with van der Waals surface area (Å²) in [4.78, 5) is 18.2. The second-order valence-corrected chi connectivity index (χ2v) is 5.03. The van der Waals surface area contributed by atoms with E-state index in [0.29, 0.717) is 0 Å². The van der Waals surface area contributed by atoms with Gasteiger partial charge in [0.25, 0.3) is 0 Å². The van der Waals surface area contributed by atoms with Gasteiger partial charge in [0.15, 0.2) is 0 Å². The van der Waals surface area contributed by atoms with Gasteiger partial charge in [-0.1, -0.05) is 30.3 Å². The molecule has 1 aliphatic heterocycles. The first-order chi connectivity index (χ1) is 9.83. The van der Waals surface area contributed by atoms with Crippen molar-refractivity contribution < 1.29 is 4.79 Å². The lowest BCUT2D eigenvalue weighted by Gasteiger charge is -2.25. The topological polar surface area (TPSA) is 50.2 Å². The molecule has 5 heteroatoms. The van der Waals surface area contributed by atoms with E-state index in [-0.39, 0.29) is 12.2 Å². The monoisotopic (exact) mass is 270 g/mol. The zero-order chi connectivity index (χ0) is 13.8. The molecular weight excluding hydrogens is 252 g/mol. The van der Waals surface area contributed by atoms with Crippen LogP contribution in [0.5, 0.6) is 0 Å². The Bertz CT molecular complexity index is 553. The van der Waals surface area contributed by atoms with Gasteiger partial charge in [-0.15, -0.1) is 0 Å². The van der Waals surface area contributed by atoms with Crippen LogP contribution in [0.15, 0.2) is 49.1 Å². The van der Waals surface area contributed by atoms with Crippen LogP contribution < -0.4 is 5.32 Å². The molecule has 1 unspecified atom stereocenters. The van der Waals surface area contributed by atoms with E-state index in [1.807, 2.05) is 18.2 Å². The van der Waals surface area contributed by atoms with Crippen LogP contribution in [-0.2, 0) is 6.54 Å². The highest BCUT2D eigenvalue weighted by atomic mass is 16.2. The SMILES string of the molecule is O=C(NC1CCCN1Cc1ccccc1)n1ccnc1. The molecule has 104 valence electrons. The number of aromatic nitrogens is 2. The number of rotatable bonds is 3. The summed E-state index contributed by atoms with van der Waals surface area (Å²) in [6, 6.07) is 10.2. The average molecular weight is 270 g/mol. The number of imidazole rings is 1. The summed E-state index contributed by atoms with van der Waals surface area (Å²) < 4.78 is 1.47. The van der Waals surface area contributed by atoms with E-state index in [9.17, 15) is 4.79 Å². The predicted molar refractivity (Wildman–Crippen MR) is 76.0 cm³/mol. The minimum Gasteiger partial charge on any atom is -0.322 e. The number of amides is 1. The van der Waals surface area contributed by atoms with E-state index in [1.54, 1.807) is 12.4 Å². The van der Waals surface area contributed by atoms with Crippen molar-refractivity contribution in [2.75, 3.05) is 6.54 Å². The molecule has 0 aliphatic carbocycles. The fourth-order valence-electron chi connectivity index (χ4n) is 2.59. The predicted octanol–water partition coefficient (Wildman–Crippen LogP) is 2.06. The highest BCUT2D eigenvalue weighted by molar-refractivity contribution is 5.76. The molecule has 2 heterocycles. The maximum absolute atomic E-state index is 12.0. The quantitative estimate of drug-likeness (QED) is 0.928. The van der Waals surface area contributed by atoms with Crippen molar-refractivity contribution in [2.24, 2.45) is 0 Å². The highest BCUT2D eigenvalue weighted by Crippen LogP contribution is 2.18. The Morgan fingerprint density at radius 3 is 2.95 bits per heavy atom. The number of hydrogen-bond donors (Lipinski definition) is 1. The lowest BCUT2D eigenvalue weighted by molar-refractivity contribution is 0.196.